The van der Waals surface area contributed by atoms with Gasteiger partial charge in [0.2, 0.25) is 0 Å². The fourth-order valence-corrected chi connectivity index (χ4v) is 4.70. The first-order valence-corrected chi connectivity index (χ1v) is 9.62. The Morgan fingerprint density at radius 1 is 1.36 bits per heavy atom. The second-order valence-electron chi connectivity index (χ2n) is 8.16. The molecule has 25 heavy (non-hydrogen) atoms. The Kier molecular flexibility index (Phi) is 4.58. The van der Waals surface area contributed by atoms with Crippen molar-refractivity contribution >= 4 is 27.5 Å². The SMILES string of the molecule is Cc1ccc2cc(C3(O)CCN(C(=O)OC(C)(C)C)C(C)C3)sc2c1. The third-order valence-corrected chi connectivity index (χ3v) is 5.98. The first-order valence-electron chi connectivity index (χ1n) is 8.80. The minimum atomic E-state index is -0.879. The lowest BCUT2D eigenvalue weighted by Gasteiger charge is -2.42. The van der Waals surface area contributed by atoms with E-state index in [9.17, 15) is 9.90 Å². The number of carbonyl (C=O) groups is 1. The highest BCUT2D eigenvalue weighted by molar-refractivity contribution is 7.19. The summed E-state index contributed by atoms with van der Waals surface area (Å²) in [7, 11) is 0. The molecule has 1 saturated heterocycles. The number of thiophene rings is 1. The standard InChI is InChI=1S/C20H27NO3S/c1-13-6-7-15-11-17(25-16(15)10-13)20(23)8-9-21(14(2)12-20)18(22)24-19(3,4)5/h6-7,10-11,14,23H,8-9,12H2,1-5H3. The van der Waals surface area contributed by atoms with Crippen LogP contribution in [0.15, 0.2) is 24.3 Å². The number of hydrogen-bond donors (Lipinski definition) is 1. The summed E-state index contributed by atoms with van der Waals surface area (Å²) in [6.07, 6.45) is 0.759. The van der Waals surface area contributed by atoms with Crippen LogP contribution in [0.3, 0.4) is 0 Å². The monoisotopic (exact) mass is 361 g/mol. The number of piperidine rings is 1. The number of nitrogens with zero attached hydrogens (tertiary/aromatic N) is 1. The van der Waals surface area contributed by atoms with E-state index < -0.39 is 11.2 Å². The fourth-order valence-electron chi connectivity index (χ4n) is 3.41. The summed E-state index contributed by atoms with van der Waals surface area (Å²) in [4.78, 5) is 15.1. The van der Waals surface area contributed by atoms with Gasteiger partial charge < -0.3 is 14.7 Å². The third-order valence-electron chi connectivity index (χ3n) is 4.69. The topological polar surface area (TPSA) is 49.8 Å². The van der Waals surface area contributed by atoms with Crippen molar-refractivity contribution in [2.24, 2.45) is 0 Å². The van der Waals surface area contributed by atoms with Gasteiger partial charge in [0, 0.05) is 28.6 Å². The lowest BCUT2D eigenvalue weighted by atomic mass is 9.85. The maximum absolute atomic E-state index is 12.4. The highest BCUT2D eigenvalue weighted by Crippen LogP contribution is 2.41. The van der Waals surface area contributed by atoms with Gasteiger partial charge in [-0.25, -0.2) is 4.79 Å². The van der Waals surface area contributed by atoms with Crippen LogP contribution >= 0.6 is 11.3 Å². The molecule has 1 amide bonds. The quantitative estimate of drug-likeness (QED) is 0.792. The molecule has 1 aliphatic heterocycles. The van der Waals surface area contributed by atoms with Crippen LogP contribution in [0, 0.1) is 6.92 Å². The lowest BCUT2D eigenvalue weighted by molar-refractivity contribution is -0.0525. The molecule has 0 radical (unpaired) electrons. The van der Waals surface area contributed by atoms with E-state index in [1.807, 2.05) is 27.7 Å². The highest BCUT2D eigenvalue weighted by atomic mass is 32.1. The molecule has 4 nitrogen and oxygen atoms in total. The minimum absolute atomic E-state index is 0.0689. The van der Waals surface area contributed by atoms with Gasteiger partial charge in [0.25, 0.3) is 0 Å². The zero-order valence-corrected chi connectivity index (χ0v) is 16.4. The summed E-state index contributed by atoms with van der Waals surface area (Å²) in [5, 5.41) is 12.4. The van der Waals surface area contributed by atoms with Crippen LogP contribution in [-0.4, -0.2) is 34.3 Å². The number of hydrogen-bond acceptors (Lipinski definition) is 4. The molecule has 136 valence electrons. The molecule has 1 fully saturated rings. The first kappa shape index (κ1) is 18.2. The number of fused-ring (bicyclic) bond motifs is 1. The molecule has 1 N–H and O–H groups in total. The van der Waals surface area contributed by atoms with Gasteiger partial charge in [0.15, 0.2) is 0 Å². The van der Waals surface area contributed by atoms with E-state index in [4.69, 9.17) is 4.74 Å². The molecule has 1 aliphatic rings. The average molecular weight is 362 g/mol. The van der Waals surface area contributed by atoms with Crippen LogP contribution in [0.25, 0.3) is 10.1 Å². The molecule has 2 atom stereocenters. The normalized spacial score (nSPS) is 24.6. The van der Waals surface area contributed by atoms with Crippen LogP contribution in [0.4, 0.5) is 4.79 Å². The second-order valence-corrected chi connectivity index (χ2v) is 9.24. The van der Waals surface area contributed by atoms with Crippen molar-refractivity contribution in [2.45, 2.75) is 64.7 Å². The predicted molar refractivity (Wildman–Crippen MR) is 102 cm³/mol. The van der Waals surface area contributed by atoms with Crippen LogP contribution < -0.4 is 0 Å². The van der Waals surface area contributed by atoms with Crippen LogP contribution in [0.5, 0.6) is 0 Å². The van der Waals surface area contributed by atoms with Crippen LogP contribution in [0.2, 0.25) is 0 Å². The molecule has 1 aromatic heterocycles. The summed E-state index contributed by atoms with van der Waals surface area (Å²) < 4.78 is 6.69. The maximum atomic E-state index is 12.4. The van der Waals surface area contributed by atoms with Crippen LogP contribution in [-0.2, 0) is 10.3 Å². The van der Waals surface area contributed by atoms with Gasteiger partial charge in [-0.1, -0.05) is 12.1 Å². The predicted octanol–water partition coefficient (Wildman–Crippen LogP) is 4.82. The lowest BCUT2D eigenvalue weighted by Crippen LogP contribution is -2.51. The van der Waals surface area contributed by atoms with Crippen molar-refractivity contribution < 1.29 is 14.6 Å². The van der Waals surface area contributed by atoms with Crippen molar-refractivity contribution in [1.29, 1.82) is 0 Å². The molecule has 5 heteroatoms. The van der Waals surface area contributed by atoms with E-state index >= 15 is 0 Å². The Morgan fingerprint density at radius 3 is 2.72 bits per heavy atom. The Hall–Kier alpha value is -1.59. The minimum Gasteiger partial charge on any atom is -0.444 e. The molecule has 0 bridgehead atoms. The Morgan fingerprint density at radius 2 is 2.08 bits per heavy atom. The van der Waals surface area contributed by atoms with Crippen molar-refractivity contribution in [1.82, 2.24) is 4.90 Å². The number of ether oxygens (including phenoxy) is 1. The molecule has 0 aliphatic carbocycles. The van der Waals surface area contributed by atoms with E-state index in [0.29, 0.717) is 19.4 Å². The molecule has 2 heterocycles. The number of likely N-dealkylation sites (tertiary alicyclic amines) is 1. The van der Waals surface area contributed by atoms with E-state index in [2.05, 4.69) is 31.2 Å². The summed E-state index contributed by atoms with van der Waals surface area (Å²) >= 11 is 1.65. The second kappa shape index (κ2) is 6.29. The zero-order valence-electron chi connectivity index (χ0n) is 15.6. The summed E-state index contributed by atoms with van der Waals surface area (Å²) in [5.74, 6) is 0. The molecule has 1 aromatic carbocycles. The molecule has 3 rings (SSSR count). The highest BCUT2D eigenvalue weighted by Gasteiger charge is 2.41. The largest absolute Gasteiger partial charge is 0.444 e. The van der Waals surface area contributed by atoms with Crippen LogP contribution in [0.1, 0.15) is 51.0 Å². The summed E-state index contributed by atoms with van der Waals surface area (Å²) in [6, 6.07) is 8.38. The Bertz CT molecular complexity index is 792. The molecule has 0 saturated carbocycles. The number of benzene rings is 1. The summed E-state index contributed by atoms with van der Waals surface area (Å²) in [5.41, 5.74) is -0.162. The van der Waals surface area contributed by atoms with Gasteiger partial charge in [-0.3, -0.25) is 0 Å². The van der Waals surface area contributed by atoms with Gasteiger partial charge in [0.05, 0.1) is 0 Å². The molecular formula is C20H27NO3S. The van der Waals surface area contributed by atoms with Crippen molar-refractivity contribution in [2.75, 3.05) is 6.54 Å². The molecular weight excluding hydrogens is 334 g/mol. The van der Waals surface area contributed by atoms with Gasteiger partial charge in [-0.2, -0.15) is 0 Å². The molecule has 2 unspecified atom stereocenters. The van der Waals surface area contributed by atoms with E-state index in [-0.39, 0.29) is 12.1 Å². The summed E-state index contributed by atoms with van der Waals surface area (Å²) in [6.45, 7) is 10.2. The number of amides is 1. The van der Waals surface area contributed by atoms with Crippen molar-refractivity contribution in [3.63, 3.8) is 0 Å². The van der Waals surface area contributed by atoms with Gasteiger partial charge >= 0.3 is 6.09 Å². The first-order chi connectivity index (χ1) is 11.6. The smallest absolute Gasteiger partial charge is 0.410 e. The molecule has 2 aromatic rings. The fraction of sp³-hybridized carbons (Fsp3) is 0.550. The van der Waals surface area contributed by atoms with E-state index in [1.54, 1.807) is 16.2 Å². The van der Waals surface area contributed by atoms with E-state index in [1.165, 1.54) is 15.6 Å². The average Bonchev–Trinajstić information content (AvgIpc) is 2.89. The number of carbonyl (C=O) groups excluding carboxylic acids is 1. The van der Waals surface area contributed by atoms with Gasteiger partial charge in [-0.15, -0.1) is 11.3 Å². The maximum Gasteiger partial charge on any atom is 0.410 e. The Balaban J connectivity index is 1.79. The van der Waals surface area contributed by atoms with Gasteiger partial charge in [-0.05, 0) is 64.1 Å². The van der Waals surface area contributed by atoms with Gasteiger partial charge in [0.1, 0.15) is 11.2 Å². The number of aliphatic hydroxyl groups is 1. The zero-order chi connectivity index (χ0) is 18.4. The number of aryl methyl sites for hydroxylation is 1. The van der Waals surface area contributed by atoms with E-state index in [0.717, 1.165) is 4.88 Å². The Labute approximate surface area is 153 Å². The number of rotatable bonds is 1. The third kappa shape index (κ3) is 3.82. The van der Waals surface area contributed by atoms with Crippen molar-refractivity contribution in [3.05, 3.63) is 34.7 Å². The van der Waals surface area contributed by atoms with Crippen molar-refractivity contribution in [3.8, 4) is 0 Å². The molecule has 0 spiro atoms.